The number of carbonyl (C=O) groups is 3. The van der Waals surface area contributed by atoms with Crippen LogP contribution in [0.5, 0.6) is 0 Å². The highest BCUT2D eigenvalue weighted by atomic mass is 16.6. The van der Waals surface area contributed by atoms with Crippen LogP contribution in [-0.4, -0.2) is 48.2 Å². The zero-order chi connectivity index (χ0) is 28.7. The number of hydrogen-bond donors (Lipinski definition) is 3. The fraction of sp³-hybridized carbons (Fsp3) is 0.500. The van der Waals surface area contributed by atoms with Gasteiger partial charge in [-0.3, -0.25) is 9.59 Å². The van der Waals surface area contributed by atoms with Gasteiger partial charge in [0.05, 0.1) is 13.2 Å². The molecule has 0 saturated heterocycles. The van der Waals surface area contributed by atoms with E-state index in [1.807, 2.05) is 46.8 Å². The topological polar surface area (TPSA) is 114 Å². The lowest BCUT2D eigenvalue weighted by Crippen LogP contribution is -2.52. The summed E-state index contributed by atoms with van der Waals surface area (Å²) in [6.45, 7) is 11.2. The van der Waals surface area contributed by atoms with E-state index in [0.29, 0.717) is 19.3 Å². The van der Waals surface area contributed by atoms with E-state index in [2.05, 4.69) is 22.5 Å². The van der Waals surface area contributed by atoms with E-state index in [1.165, 1.54) is 19.4 Å². The van der Waals surface area contributed by atoms with E-state index in [9.17, 15) is 19.5 Å². The largest absolute Gasteiger partial charge is 0.490 e. The molecule has 1 rings (SSSR count). The van der Waals surface area contributed by atoms with Crippen molar-refractivity contribution in [3.63, 3.8) is 0 Å². The van der Waals surface area contributed by atoms with Crippen LogP contribution in [0.2, 0.25) is 0 Å². The Morgan fingerprint density at radius 1 is 1.29 bits per heavy atom. The first-order chi connectivity index (χ1) is 17.9. The number of nitrogens with one attached hydrogen (secondary N) is 2. The molecule has 8 nitrogen and oxygen atoms in total. The first-order valence-corrected chi connectivity index (χ1v) is 12.7. The van der Waals surface area contributed by atoms with Gasteiger partial charge in [-0.2, -0.15) is 0 Å². The number of cyclic esters (lactones) is 1. The maximum Gasteiger partial charge on any atom is 0.373 e. The molecule has 1 aliphatic rings. The van der Waals surface area contributed by atoms with Gasteiger partial charge in [-0.1, -0.05) is 63.6 Å². The molecule has 0 aromatic carbocycles. The van der Waals surface area contributed by atoms with Gasteiger partial charge in [0.15, 0.2) is 5.76 Å². The zero-order valence-corrected chi connectivity index (χ0v) is 23.5. The van der Waals surface area contributed by atoms with Crippen molar-refractivity contribution in [1.82, 2.24) is 10.6 Å². The molecule has 38 heavy (non-hydrogen) atoms. The number of aliphatic hydroxyl groups excluding tert-OH is 1. The number of allylic oxidation sites excluding steroid dienone is 4. The van der Waals surface area contributed by atoms with Crippen molar-refractivity contribution in [2.24, 2.45) is 11.3 Å². The average molecular weight is 527 g/mol. The van der Waals surface area contributed by atoms with Crippen LogP contribution < -0.4 is 10.6 Å². The first-order valence-electron chi connectivity index (χ1n) is 12.7. The SMILES string of the molecule is CC#CC[C@H](O)C/C=C\NC(=O)[C@@H](NC(=O)\C=C/C=C\C(C)=C\[C@H](C)[C@@H]1CC=C(OC)C(=O)O1)C(C)(C)C. The number of amides is 2. The summed E-state index contributed by atoms with van der Waals surface area (Å²) in [5.41, 5.74) is 0.427. The van der Waals surface area contributed by atoms with Crippen molar-refractivity contribution in [2.45, 2.75) is 79.1 Å². The van der Waals surface area contributed by atoms with Crippen molar-refractivity contribution < 1.29 is 29.0 Å². The molecule has 1 heterocycles. The molecule has 0 aliphatic carbocycles. The molecule has 208 valence electrons. The first kappa shape index (κ1) is 32.5. The second-order valence-corrected chi connectivity index (χ2v) is 10.2. The highest BCUT2D eigenvalue weighted by Gasteiger charge is 2.32. The molecule has 3 N–H and O–H groups in total. The number of methoxy groups -OCH3 is 1. The average Bonchev–Trinajstić information content (AvgIpc) is 2.85. The molecule has 0 unspecified atom stereocenters. The predicted molar refractivity (Wildman–Crippen MR) is 148 cm³/mol. The van der Waals surface area contributed by atoms with Gasteiger partial charge in [-0.25, -0.2) is 4.79 Å². The van der Waals surface area contributed by atoms with E-state index in [0.717, 1.165) is 5.57 Å². The lowest BCUT2D eigenvalue weighted by molar-refractivity contribution is -0.151. The summed E-state index contributed by atoms with van der Waals surface area (Å²) in [6, 6.07) is -0.766. The van der Waals surface area contributed by atoms with Crippen molar-refractivity contribution in [3.05, 3.63) is 60.1 Å². The molecular formula is C30H42N2O6. The lowest BCUT2D eigenvalue weighted by atomic mass is 9.86. The molecule has 4 atom stereocenters. The van der Waals surface area contributed by atoms with Gasteiger partial charge >= 0.3 is 5.97 Å². The van der Waals surface area contributed by atoms with Crippen LogP contribution in [0.25, 0.3) is 0 Å². The van der Waals surface area contributed by atoms with Crippen LogP contribution in [0.15, 0.2) is 60.1 Å². The fourth-order valence-corrected chi connectivity index (χ4v) is 3.59. The van der Waals surface area contributed by atoms with Crippen LogP contribution in [0.4, 0.5) is 0 Å². The normalized spacial score (nSPS) is 18.8. The molecule has 1 aliphatic heterocycles. The predicted octanol–water partition coefficient (Wildman–Crippen LogP) is 3.85. The maximum atomic E-state index is 12.7. The second-order valence-electron chi connectivity index (χ2n) is 10.2. The van der Waals surface area contributed by atoms with E-state index in [-0.39, 0.29) is 23.7 Å². The number of carbonyl (C=O) groups excluding carboxylic acids is 3. The van der Waals surface area contributed by atoms with Crippen molar-refractivity contribution in [2.75, 3.05) is 7.11 Å². The monoisotopic (exact) mass is 526 g/mol. The van der Waals surface area contributed by atoms with E-state index < -0.39 is 29.4 Å². The molecule has 0 saturated carbocycles. The number of esters is 1. The van der Waals surface area contributed by atoms with E-state index >= 15 is 0 Å². The van der Waals surface area contributed by atoms with Gasteiger partial charge in [-0.05, 0) is 38.0 Å². The summed E-state index contributed by atoms with van der Waals surface area (Å²) in [5, 5.41) is 15.2. The van der Waals surface area contributed by atoms with E-state index in [1.54, 1.807) is 31.2 Å². The molecule has 8 heteroatoms. The van der Waals surface area contributed by atoms with Gasteiger partial charge < -0.3 is 25.2 Å². The van der Waals surface area contributed by atoms with Crippen LogP contribution in [0.3, 0.4) is 0 Å². The highest BCUT2D eigenvalue weighted by molar-refractivity contribution is 5.93. The third-order valence-corrected chi connectivity index (χ3v) is 5.73. The van der Waals surface area contributed by atoms with Crippen LogP contribution >= 0.6 is 0 Å². The third-order valence-electron chi connectivity index (χ3n) is 5.73. The van der Waals surface area contributed by atoms with Crippen molar-refractivity contribution in [3.8, 4) is 11.8 Å². The molecule has 0 aromatic rings. The number of ether oxygens (including phenoxy) is 2. The Bertz CT molecular complexity index is 1030. The van der Waals surface area contributed by atoms with E-state index in [4.69, 9.17) is 9.47 Å². The van der Waals surface area contributed by atoms with Gasteiger partial charge in [0.25, 0.3) is 0 Å². The fourth-order valence-electron chi connectivity index (χ4n) is 3.59. The summed E-state index contributed by atoms with van der Waals surface area (Å²) in [5.74, 6) is 4.56. The Hall–Kier alpha value is -3.57. The molecule has 0 fully saturated rings. The molecule has 0 radical (unpaired) electrons. The molecule has 0 aromatic heterocycles. The minimum atomic E-state index is -0.766. The number of rotatable bonds is 12. The maximum absolute atomic E-state index is 12.7. The summed E-state index contributed by atoms with van der Waals surface area (Å²) < 4.78 is 10.4. The molecule has 0 bridgehead atoms. The van der Waals surface area contributed by atoms with Crippen molar-refractivity contribution >= 4 is 17.8 Å². The minimum Gasteiger partial charge on any atom is -0.490 e. The quantitative estimate of drug-likeness (QED) is 0.154. The van der Waals surface area contributed by atoms with Crippen LogP contribution in [0, 0.1) is 23.2 Å². The number of aliphatic hydroxyl groups is 1. The Kier molecular flexibility index (Phi) is 13.9. The third kappa shape index (κ3) is 12.1. The molecule has 0 spiro atoms. The summed E-state index contributed by atoms with van der Waals surface area (Å²) in [4.78, 5) is 37.0. The smallest absolute Gasteiger partial charge is 0.373 e. The number of hydrogen-bond acceptors (Lipinski definition) is 6. The molecular weight excluding hydrogens is 484 g/mol. The Labute approximate surface area is 226 Å². The second kappa shape index (κ2) is 16.3. The highest BCUT2D eigenvalue weighted by Crippen LogP contribution is 2.23. The Balaban J connectivity index is 2.64. The minimum absolute atomic E-state index is 0.00100. The Morgan fingerprint density at radius 3 is 2.58 bits per heavy atom. The van der Waals surface area contributed by atoms with Gasteiger partial charge in [0.1, 0.15) is 12.1 Å². The van der Waals surface area contributed by atoms with Crippen LogP contribution in [0.1, 0.15) is 60.8 Å². The van der Waals surface area contributed by atoms with Gasteiger partial charge in [0, 0.05) is 24.8 Å². The zero-order valence-electron chi connectivity index (χ0n) is 23.5. The van der Waals surface area contributed by atoms with Gasteiger partial charge in [-0.15, -0.1) is 11.8 Å². The standard InChI is InChI=1S/C30H42N2O6/c1-8-9-14-23(33)15-12-19-31-28(35)27(30(4,5)6)32-26(34)16-11-10-13-21(2)20-22(3)24-17-18-25(37-7)29(36)38-24/h10-13,16,18-20,22-24,27,33H,14-15,17H2,1-7H3,(H,31,35)(H,32,34)/b13-10-,16-11-,19-12-,21-20+/t22-,23-,24-,27+/m0/s1. The summed E-state index contributed by atoms with van der Waals surface area (Å²) in [7, 11) is 1.44. The summed E-state index contributed by atoms with van der Waals surface area (Å²) >= 11 is 0. The van der Waals surface area contributed by atoms with Gasteiger partial charge in [0.2, 0.25) is 11.8 Å². The molecule has 2 amide bonds. The lowest BCUT2D eigenvalue weighted by Gasteiger charge is -2.29. The summed E-state index contributed by atoms with van der Waals surface area (Å²) in [6.07, 6.45) is 13.9. The van der Waals surface area contributed by atoms with Crippen LogP contribution in [-0.2, 0) is 23.9 Å². The van der Waals surface area contributed by atoms with Crippen molar-refractivity contribution in [1.29, 1.82) is 0 Å². The Morgan fingerprint density at radius 2 is 1.97 bits per heavy atom.